The predicted molar refractivity (Wildman–Crippen MR) is 120 cm³/mol. The van der Waals surface area contributed by atoms with Crippen LogP contribution >= 0.6 is 0 Å². The Hall–Kier alpha value is -3.27. The number of ether oxygens (including phenoxy) is 1. The molecule has 4 heteroatoms. The first-order valence-electron chi connectivity index (χ1n) is 10.3. The molecule has 3 aromatic carbocycles. The Bertz CT molecular complexity index is 919. The summed E-state index contributed by atoms with van der Waals surface area (Å²) in [6, 6.07) is 27.4. The van der Waals surface area contributed by atoms with Crippen molar-refractivity contribution in [2.45, 2.75) is 25.9 Å². The zero-order valence-electron chi connectivity index (χ0n) is 16.6. The van der Waals surface area contributed by atoms with Crippen molar-refractivity contribution >= 4 is 11.6 Å². The van der Waals surface area contributed by atoms with E-state index in [4.69, 9.17) is 4.74 Å². The van der Waals surface area contributed by atoms with Crippen molar-refractivity contribution in [1.82, 2.24) is 5.32 Å². The highest BCUT2D eigenvalue weighted by Crippen LogP contribution is 2.17. The molecule has 4 rings (SSSR count). The Balaban J connectivity index is 1.20. The quantitative estimate of drug-likeness (QED) is 0.585. The number of nitrogens with one attached hydrogen (secondary N) is 2. The van der Waals surface area contributed by atoms with E-state index in [0.717, 1.165) is 49.7 Å². The first kappa shape index (κ1) is 19.1. The lowest BCUT2D eigenvalue weighted by atomic mass is 10.0. The van der Waals surface area contributed by atoms with Gasteiger partial charge in [-0.3, -0.25) is 4.99 Å². The van der Waals surface area contributed by atoms with Crippen molar-refractivity contribution in [3.63, 3.8) is 0 Å². The third kappa shape index (κ3) is 5.85. The Kier molecular flexibility index (Phi) is 6.43. The Morgan fingerprint density at radius 1 is 0.793 bits per heavy atom. The molecule has 3 aromatic rings. The van der Waals surface area contributed by atoms with Crippen LogP contribution in [0.2, 0.25) is 0 Å². The average Bonchev–Trinajstić information content (AvgIpc) is 3.28. The van der Waals surface area contributed by atoms with Gasteiger partial charge in [-0.15, -0.1) is 0 Å². The van der Waals surface area contributed by atoms with Crippen molar-refractivity contribution in [3.8, 4) is 5.75 Å². The van der Waals surface area contributed by atoms with E-state index in [9.17, 15) is 0 Å². The molecule has 0 saturated carbocycles. The smallest absolute Gasteiger partial charge is 0.195 e. The van der Waals surface area contributed by atoms with E-state index in [1.54, 1.807) is 0 Å². The zero-order valence-corrected chi connectivity index (χ0v) is 16.6. The number of aliphatic imine (C=N–C) groups is 1. The number of guanidine groups is 1. The summed E-state index contributed by atoms with van der Waals surface area (Å²) in [5.74, 6) is 1.79. The van der Waals surface area contributed by atoms with Gasteiger partial charge in [0.1, 0.15) is 12.4 Å². The van der Waals surface area contributed by atoms with Crippen LogP contribution < -0.4 is 15.4 Å². The molecule has 0 amide bonds. The van der Waals surface area contributed by atoms with Gasteiger partial charge in [0.2, 0.25) is 0 Å². The van der Waals surface area contributed by atoms with E-state index in [1.165, 1.54) is 16.7 Å². The summed E-state index contributed by atoms with van der Waals surface area (Å²) in [4.78, 5) is 4.36. The van der Waals surface area contributed by atoms with Crippen LogP contribution in [0.15, 0.2) is 83.9 Å². The number of anilines is 1. The maximum Gasteiger partial charge on any atom is 0.195 e. The SMILES string of the molecule is c1ccc(COc2ccc(CCCc3ccc(NC4=NCCN4)cc3)cc2)cc1. The number of hydrogen-bond donors (Lipinski definition) is 2. The number of rotatable bonds is 8. The molecule has 1 aliphatic rings. The molecule has 4 nitrogen and oxygen atoms in total. The fraction of sp³-hybridized carbons (Fsp3) is 0.240. The van der Waals surface area contributed by atoms with Gasteiger partial charge in [0.05, 0.1) is 6.54 Å². The molecule has 0 atom stereocenters. The van der Waals surface area contributed by atoms with Gasteiger partial charge in [-0.05, 0) is 60.2 Å². The van der Waals surface area contributed by atoms with Gasteiger partial charge < -0.3 is 15.4 Å². The fourth-order valence-electron chi connectivity index (χ4n) is 3.36. The third-order valence-corrected chi connectivity index (χ3v) is 4.99. The minimum absolute atomic E-state index is 0.606. The minimum Gasteiger partial charge on any atom is -0.489 e. The second-order valence-corrected chi connectivity index (χ2v) is 7.25. The summed E-state index contributed by atoms with van der Waals surface area (Å²) < 4.78 is 5.86. The first-order valence-corrected chi connectivity index (χ1v) is 10.3. The van der Waals surface area contributed by atoms with E-state index in [1.807, 2.05) is 18.2 Å². The van der Waals surface area contributed by atoms with Gasteiger partial charge in [0, 0.05) is 12.2 Å². The van der Waals surface area contributed by atoms with Crippen LogP contribution in [0.25, 0.3) is 0 Å². The minimum atomic E-state index is 0.606. The molecular formula is C25H27N3O. The molecule has 0 unspecified atom stereocenters. The second kappa shape index (κ2) is 9.78. The summed E-state index contributed by atoms with van der Waals surface area (Å²) in [7, 11) is 0. The highest BCUT2D eigenvalue weighted by atomic mass is 16.5. The molecule has 1 heterocycles. The van der Waals surface area contributed by atoms with E-state index >= 15 is 0 Å². The number of aryl methyl sites for hydroxylation is 2. The molecule has 2 N–H and O–H groups in total. The summed E-state index contributed by atoms with van der Waals surface area (Å²) in [6.45, 7) is 2.37. The van der Waals surface area contributed by atoms with Gasteiger partial charge in [0.25, 0.3) is 0 Å². The standard InChI is InChI=1S/C25H27N3O/c1-2-5-22(6-3-1)19-29-24-15-11-21(12-16-24)8-4-7-20-9-13-23(14-10-20)28-25-26-17-18-27-25/h1-3,5-6,9-16H,4,7-8,17-19H2,(H2,26,27,28). The zero-order chi connectivity index (χ0) is 19.7. The molecule has 0 fully saturated rings. The van der Waals surface area contributed by atoms with Gasteiger partial charge in [0.15, 0.2) is 5.96 Å². The van der Waals surface area contributed by atoms with Crippen molar-refractivity contribution in [2.75, 3.05) is 18.4 Å². The summed E-state index contributed by atoms with van der Waals surface area (Å²) >= 11 is 0. The van der Waals surface area contributed by atoms with Crippen molar-refractivity contribution in [2.24, 2.45) is 4.99 Å². The van der Waals surface area contributed by atoms with Gasteiger partial charge in [-0.25, -0.2) is 0 Å². The Labute approximate surface area is 172 Å². The molecule has 29 heavy (non-hydrogen) atoms. The first-order chi connectivity index (χ1) is 14.3. The average molecular weight is 386 g/mol. The lowest BCUT2D eigenvalue weighted by Gasteiger charge is -2.09. The predicted octanol–water partition coefficient (Wildman–Crippen LogP) is 4.81. The molecule has 148 valence electrons. The lowest BCUT2D eigenvalue weighted by Crippen LogP contribution is -2.26. The topological polar surface area (TPSA) is 45.6 Å². The van der Waals surface area contributed by atoms with Gasteiger partial charge in [-0.1, -0.05) is 54.6 Å². The molecule has 0 aliphatic carbocycles. The normalized spacial score (nSPS) is 12.9. The largest absolute Gasteiger partial charge is 0.489 e. The molecule has 0 aromatic heterocycles. The van der Waals surface area contributed by atoms with E-state index < -0.39 is 0 Å². The molecule has 0 spiro atoms. The summed E-state index contributed by atoms with van der Waals surface area (Å²) in [5.41, 5.74) is 4.97. The molecule has 0 saturated heterocycles. The number of hydrogen-bond acceptors (Lipinski definition) is 4. The number of nitrogens with zero attached hydrogens (tertiary/aromatic N) is 1. The van der Waals surface area contributed by atoms with Crippen LogP contribution in [-0.2, 0) is 19.4 Å². The van der Waals surface area contributed by atoms with Crippen molar-refractivity contribution in [3.05, 3.63) is 95.6 Å². The van der Waals surface area contributed by atoms with Crippen LogP contribution in [0.1, 0.15) is 23.1 Å². The third-order valence-electron chi connectivity index (χ3n) is 4.99. The highest BCUT2D eigenvalue weighted by Gasteiger charge is 2.04. The second-order valence-electron chi connectivity index (χ2n) is 7.25. The van der Waals surface area contributed by atoms with Crippen LogP contribution in [0.4, 0.5) is 5.69 Å². The van der Waals surface area contributed by atoms with Crippen LogP contribution in [-0.4, -0.2) is 19.0 Å². The van der Waals surface area contributed by atoms with Gasteiger partial charge >= 0.3 is 0 Å². The van der Waals surface area contributed by atoms with Crippen molar-refractivity contribution < 1.29 is 4.74 Å². The van der Waals surface area contributed by atoms with Crippen LogP contribution in [0.5, 0.6) is 5.75 Å². The van der Waals surface area contributed by atoms with E-state index in [0.29, 0.717) is 6.61 Å². The Morgan fingerprint density at radius 3 is 2.14 bits per heavy atom. The summed E-state index contributed by atoms with van der Waals surface area (Å²) in [6.07, 6.45) is 3.27. The van der Waals surface area contributed by atoms with Crippen LogP contribution in [0, 0.1) is 0 Å². The monoisotopic (exact) mass is 385 g/mol. The number of benzene rings is 3. The lowest BCUT2D eigenvalue weighted by molar-refractivity contribution is 0.306. The van der Waals surface area contributed by atoms with Crippen LogP contribution in [0.3, 0.4) is 0 Å². The molecule has 1 aliphatic heterocycles. The Morgan fingerprint density at radius 2 is 1.48 bits per heavy atom. The highest BCUT2D eigenvalue weighted by molar-refractivity contribution is 5.94. The van der Waals surface area contributed by atoms with Gasteiger partial charge in [-0.2, -0.15) is 0 Å². The molecule has 0 radical (unpaired) electrons. The molecule has 0 bridgehead atoms. The molecular weight excluding hydrogens is 358 g/mol. The van der Waals surface area contributed by atoms with E-state index in [2.05, 4.69) is 76.3 Å². The maximum absolute atomic E-state index is 5.86. The van der Waals surface area contributed by atoms with E-state index in [-0.39, 0.29) is 0 Å². The fourth-order valence-corrected chi connectivity index (χ4v) is 3.36. The maximum atomic E-state index is 5.86. The van der Waals surface area contributed by atoms with Crippen molar-refractivity contribution in [1.29, 1.82) is 0 Å². The summed E-state index contributed by atoms with van der Waals surface area (Å²) in [5, 5.41) is 6.53.